The molecule has 3 rings (SSSR count). The van der Waals surface area contributed by atoms with Gasteiger partial charge in [0.25, 0.3) is 5.91 Å². The zero-order valence-corrected chi connectivity index (χ0v) is 32.9. The fourth-order valence-corrected chi connectivity index (χ4v) is 5.38. The highest BCUT2D eigenvalue weighted by Gasteiger charge is 2.37. The highest BCUT2D eigenvalue weighted by molar-refractivity contribution is 5.87. The van der Waals surface area contributed by atoms with Gasteiger partial charge in [0, 0.05) is 31.5 Å². The number of alkyl carbamates (subject to hydrolysis) is 2. The van der Waals surface area contributed by atoms with Crippen molar-refractivity contribution in [2.75, 3.05) is 27.4 Å². The first-order valence-electron chi connectivity index (χ1n) is 17.8. The van der Waals surface area contributed by atoms with E-state index in [4.69, 9.17) is 14.6 Å². The van der Waals surface area contributed by atoms with Crippen molar-refractivity contribution >= 4 is 24.0 Å². The van der Waals surface area contributed by atoms with E-state index in [1.807, 2.05) is 93.6 Å². The van der Waals surface area contributed by atoms with E-state index in [-0.39, 0.29) is 26.1 Å². The molecule has 54 heavy (non-hydrogen) atoms. The van der Waals surface area contributed by atoms with Crippen molar-refractivity contribution in [2.24, 2.45) is 10.8 Å². The van der Waals surface area contributed by atoms with Gasteiger partial charge in [0.05, 0.1) is 32.1 Å². The third-order valence-corrected chi connectivity index (χ3v) is 8.21. The van der Waals surface area contributed by atoms with Crippen molar-refractivity contribution in [2.45, 2.75) is 85.7 Å². The Morgan fingerprint density at radius 3 is 1.74 bits per heavy atom. The summed E-state index contributed by atoms with van der Waals surface area (Å²) >= 11 is 0. The van der Waals surface area contributed by atoms with Crippen LogP contribution in [0.5, 0.6) is 0 Å². The Bertz CT molecular complexity index is 1590. The normalized spacial score (nSPS) is 13.6. The number of ether oxygens (including phenoxy) is 2. The minimum absolute atomic E-state index is 0.120. The van der Waals surface area contributed by atoms with Crippen molar-refractivity contribution in [3.05, 3.63) is 90.1 Å². The molecule has 4 atom stereocenters. The lowest BCUT2D eigenvalue weighted by molar-refractivity contribution is -0.132. The average Bonchev–Trinajstić information content (AvgIpc) is 3.12. The molecular formula is C40H58N6O8. The molecule has 14 heteroatoms. The molecule has 1 heterocycles. The van der Waals surface area contributed by atoms with E-state index in [1.165, 1.54) is 14.2 Å². The Morgan fingerprint density at radius 2 is 1.26 bits per heavy atom. The van der Waals surface area contributed by atoms with E-state index in [9.17, 15) is 24.3 Å². The van der Waals surface area contributed by atoms with Gasteiger partial charge in [-0.15, -0.1) is 0 Å². The third kappa shape index (κ3) is 15.1. The highest BCUT2D eigenvalue weighted by atomic mass is 16.5. The van der Waals surface area contributed by atoms with Gasteiger partial charge in [-0.2, -0.15) is 0 Å². The van der Waals surface area contributed by atoms with Crippen molar-refractivity contribution in [1.29, 1.82) is 0 Å². The molecule has 0 fully saturated rings. The van der Waals surface area contributed by atoms with Crippen LogP contribution in [0.4, 0.5) is 9.59 Å². The predicted octanol–water partition coefficient (Wildman–Crippen LogP) is 4.21. The first kappa shape index (κ1) is 45.1. The van der Waals surface area contributed by atoms with Crippen LogP contribution in [0.1, 0.15) is 59.6 Å². The first-order valence-corrected chi connectivity index (χ1v) is 17.8. The second-order valence-electron chi connectivity index (χ2n) is 14.8. The monoisotopic (exact) mass is 750 g/mol. The van der Waals surface area contributed by atoms with Crippen molar-refractivity contribution < 1.29 is 38.9 Å². The number of hydrogen-bond donors (Lipinski definition) is 6. The van der Waals surface area contributed by atoms with Gasteiger partial charge >= 0.3 is 12.2 Å². The Kier molecular flexibility index (Phi) is 18.0. The van der Waals surface area contributed by atoms with Crippen LogP contribution < -0.4 is 21.4 Å². The molecule has 0 bridgehead atoms. The van der Waals surface area contributed by atoms with Crippen LogP contribution in [0.25, 0.3) is 11.3 Å². The molecule has 6 N–H and O–H groups in total. The molecule has 0 aliphatic carbocycles. The molecule has 0 spiro atoms. The molecule has 3 aromatic rings. The van der Waals surface area contributed by atoms with Gasteiger partial charge in [0.15, 0.2) is 0 Å². The molecule has 4 unspecified atom stereocenters. The van der Waals surface area contributed by atoms with E-state index in [1.54, 1.807) is 38.9 Å². The SMILES string of the molecule is CCO.COC(=O)NC(C(=O)NC(Cc1ccccc1)C(O)CN(Cc1ccc(-c2ccccn2)cc1)NC(=O)C(NC(=O)OC)C(C)(C)C)C(C)(C)C. The standard InChI is InChI=1S/C38H52N6O7.C2H6O/c1-37(2,3)31(41-35(48)50-7)33(46)40-29(22-25-14-10-9-11-15-25)30(45)24-44(43-34(47)32(38(4,5)6)42-36(49)51-8)23-26-17-19-27(20-18-26)28-16-12-13-21-39-28;1-2-3/h9-21,29-32,45H,22-24H2,1-8H3,(H,40,46)(H,41,48)(H,42,49)(H,43,47);3H,2H2,1H3. The second kappa shape index (κ2) is 21.6. The Balaban J connectivity index is 0.00000325. The van der Waals surface area contributed by atoms with Crippen LogP contribution in [-0.4, -0.2) is 95.8 Å². The molecule has 0 aliphatic rings. The lowest BCUT2D eigenvalue weighted by Gasteiger charge is -2.35. The molecule has 14 nitrogen and oxygen atoms in total. The summed E-state index contributed by atoms with van der Waals surface area (Å²) in [6, 6.07) is 19.8. The number of carbonyl (C=O) groups excluding carboxylic acids is 4. The number of methoxy groups -OCH3 is 2. The maximum atomic E-state index is 13.8. The van der Waals surface area contributed by atoms with E-state index in [2.05, 4.69) is 26.4 Å². The van der Waals surface area contributed by atoms with Crippen molar-refractivity contribution in [3.63, 3.8) is 0 Å². The van der Waals surface area contributed by atoms with E-state index in [0.717, 1.165) is 22.4 Å². The summed E-state index contributed by atoms with van der Waals surface area (Å²) in [5, 5.41) is 29.1. The van der Waals surface area contributed by atoms with Crippen molar-refractivity contribution in [1.82, 2.24) is 31.4 Å². The number of pyridine rings is 1. The number of aliphatic hydroxyl groups is 2. The summed E-state index contributed by atoms with van der Waals surface area (Å²) in [4.78, 5) is 56.3. The second-order valence-corrected chi connectivity index (χ2v) is 14.8. The molecular weight excluding hydrogens is 692 g/mol. The zero-order valence-electron chi connectivity index (χ0n) is 32.9. The maximum absolute atomic E-state index is 13.8. The largest absolute Gasteiger partial charge is 0.453 e. The van der Waals surface area contributed by atoms with E-state index < -0.39 is 59.1 Å². The van der Waals surface area contributed by atoms with Crippen molar-refractivity contribution in [3.8, 4) is 11.3 Å². The fraction of sp³-hybridized carbons (Fsp3) is 0.475. The van der Waals surface area contributed by atoms with Crippen LogP contribution in [0.3, 0.4) is 0 Å². The molecule has 2 aromatic carbocycles. The fourth-order valence-electron chi connectivity index (χ4n) is 5.38. The number of nitrogens with one attached hydrogen (secondary N) is 4. The molecule has 296 valence electrons. The molecule has 0 aliphatic heterocycles. The van der Waals surface area contributed by atoms with Gasteiger partial charge in [-0.05, 0) is 47.4 Å². The number of hydrogen-bond acceptors (Lipinski definition) is 10. The number of carbonyl (C=O) groups is 4. The predicted molar refractivity (Wildman–Crippen MR) is 207 cm³/mol. The maximum Gasteiger partial charge on any atom is 0.407 e. The number of hydrazine groups is 1. The van der Waals surface area contributed by atoms with E-state index >= 15 is 0 Å². The van der Waals surface area contributed by atoms with Gasteiger partial charge < -0.3 is 35.6 Å². The topological polar surface area (TPSA) is 191 Å². The van der Waals surface area contributed by atoms with Gasteiger partial charge in [0.2, 0.25) is 5.91 Å². The number of aliphatic hydroxyl groups excluding tert-OH is 2. The van der Waals surface area contributed by atoms with Crippen LogP contribution in [0.15, 0.2) is 79.0 Å². The molecule has 1 aromatic heterocycles. The number of nitrogens with zero attached hydrogens (tertiary/aromatic N) is 2. The summed E-state index contributed by atoms with van der Waals surface area (Å²) in [6.45, 7) is 12.8. The van der Waals surface area contributed by atoms with Gasteiger partial charge in [-0.3, -0.25) is 20.0 Å². The van der Waals surface area contributed by atoms with Gasteiger partial charge in [-0.25, -0.2) is 14.6 Å². The summed E-state index contributed by atoms with van der Waals surface area (Å²) in [7, 11) is 2.44. The summed E-state index contributed by atoms with van der Waals surface area (Å²) in [6.07, 6.45) is -0.778. The van der Waals surface area contributed by atoms with Crippen LogP contribution in [0, 0.1) is 10.8 Å². The zero-order chi connectivity index (χ0) is 40.5. The van der Waals surface area contributed by atoms with Gasteiger partial charge in [-0.1, -0.05) is 102 Å². The summed E-state index contributed by atoms with van der Waals surface area (Å²) in [5.74, 6) is -1.03. The molecule has 0 saturated carbocycles. The number of aromatic nitrogens is 1. The number of amides is 4. The number of rotatable bonds is 14. The van der Waals surface area contributed by atoms with Crippen LogP contribution in [0.2, 0.25) is 0 Å². The summed E-state index contributed by atoms with van der Waals surface area (Å²) < 4.78 is 9.54. The van der Waals surface area contributed by atoms with E-state index in [0.29, 0.717) is 0 Å². The number of benzene rings is 2. The van der Waals surface area contributed by atoms with Gasteiger partial charge in [0.1, 0.15) is 12.1 Å². The average molecular weight is 751 g/mol. The summed E-state index contributed by atoms with van der Waals surface area (Å²) in [5.41, 5.74) is 4.88. The Morgan fingerprint density at radius 1 is 0.741 bits per heavy atom. The van der Waals surface area contributed by atoms with Crippen LogP contribution >= 0.6 is 0 Å². The molecule has 0 saturated heterocycles. The third-order valence-electron chi connectivity index (χ3n) is 8.21. The first-order chi connectivity index (χ1) is 25.4. The molecule has 4 amide bonds. The lowest BCUT2D eigenvalue weighted by atomic mass is 9.85. The quantitative estimate of drug-likeness (QED) is 0.130. The smallest absolute Gasteiger partial charge is 0.407 e. The minimum Gasteiger partial charge on any atom is -0.453 e. The minimum atomic E-state index is -1.22. The molecule has 0 radical (unpaired) electrons. The van der Waals surface area contributed by atoms with Crippen LogP contribution in [-0.2, 0) is 32.0 Å². The highest BCUT2D eigenvalue weighted by Crippen LogP contribution is 2.23. The lowest BCUT2D eigenvalue weighted by Crippen LogP contribution is -2.60. The Labute approximate surface area is 319 Å². The Hall–Kier alpha value is -5.05.